The molecule has 1 saturated heterocycles. The van der Waals surface area contributed by atoms with Gasteiger partial charge in [0.1, 0.15) is 5.82 Å². The minimum Gasteiger partial charge on any atom is -0.350 e. The van der Waals surface area contributed by atoms with Crippen LogP contribution in [0.3, 0.4) is 0 Å². The third kappa shape index (κ3) is 6.00. The van der Waals surface area contributed by atoms with Crippen LogP contribution in [0.15, 0.2) is 41.3 Å². The van der Waals surface area contributed by atoms with Gasteiger partial charge < -0.3 is 9.30 Å². The quantitative estimate of drug-likeness (QED) is 0.559. The first-order valence-electron chi connectivity index (χ1n) is 10.4. The Hall–Kier alpha value is -2.27. The van der Waals surface area contributed by atoms with Crippen LogP contribution in [0.1, 0.15) is 32.6 Å². The van der Waals surface area contributed by atoms with Crippen molar-refractivity contribution in [3.63, 3.8) is 0 Å². The molecular formula is C22H26ClFN2O6S. The molecule has 33 heavy (non-hydrogen) atoms. The molecule has 3 rings (SSSR count). The van der Waals surface area contributed by atoms with E-state index in [0.29, 0.717) is 23.6 Å². The highest BCUT2D eigenvalue weighted by atomic mass is 35.5. The first kappa shape index (κ1) is 25.4. The van der Waals surface area contributed by atoms with E-state index in [0.717, 1.165) is 35.9 Å². The van der Waals surface area contributed by atoms with E-state index in [1.807, 2.05) is 0 Å². The van der Waals surface area contributed by atoms with E-state index in [2.05, 4.69) is 5.48 Å². The molecule has 1 aliphatic rings. The topological polar surface area (TPSA) is 104 Å². The number of sulfone groups is 1. The summed E-state index contributed by atoms with van der Waals surface area (Å²) in [6.45, 7) is 1.53. The number of carbonyl (C=O) groups excluding carboxylic acids is 1. The molecule has 0 radical (unpaired) electrons. The van der Waals surface area contributed by atoms with Crippen molar-refractivity contribution in [2.24, 2.45) is 0 Å². The largest absolute Gasteiger partial charge is 0.350 e. The number of ether oxygens (including phenoxy) is 1. The average Bonchev–Trinajstić information content (AvgIpc) is 2.78. The van der Waals surface area contributed by atoms with Crippen molar-refractivity contribution in [1.82, 2.24) is 10.0 Å². The van der Waals surface area contributed by atoms with E-state index in [9.17, 15) is 22.4 Å². The van der Waals surface area contributed by atoms with Crippen molar-refractivity contribution >= 4 is 27.3 Å². The number of nitrogens with zero attached hydrogens (tertiary/aromatic N) is 1. The Labute approximate surface area is 196 Å². The second-order valence-corrected chi connectivity index (χ2v) is 11.1. The zero-order valence-electron chi connectivity index (χ0n) is 18.3. The lowest BCUT2D eigenvalue weighted by Crippen LogP contribution is -2.51. The van der Waals surface area contributed by atoms with Gasteiger partial charge in [-0.2, -0.15) is 0 Å². The van der Waals surface area contributed by atoms with Crippen molar-refractivity contribution in [2.75, 3.05) is 12.9 Å². The van der Waals surface area contributed by atoms with E-state index in [1.165, 1.54) is 6.92 Å². The number of amides is 1. The molecule has 11 heteroatoms. The molecule has 1 unspecified atom stereocenters. The van der Waals surface area contributed by atoms with Gasteiger partial charge >= 0.3 is 0 Å². The summed E-state index contributed by atoms with van der Waals surface area (Å²) in [5.74, 6) is -1.55. The minimum atomic E-state index is -3.92. The minimum absolute atomic E-state index is 0.0948. The lowest BCUT2D eigenvalue weighted by molar-refractivity contribution is -0.201. The summed E-state index contributed by atoms with van der Waals surface area (Å²) in [7, 11) is -3.92. The smallest absolute Gasteiger partial charge is 0.264 e. The molecular weight excluding hydrogens is 475 g/mol. The maximum Gasteiger partial charge on any atom is 0.264 e. The number of pyridine rings is 1. The van der Waals surface area contributed by atoms with Crippen molar-refractivity contribution in [3.05, 3.63) is 57.7 Å². The second-order valence-electron chi connectivity index (χ2n) is 8.17. The predicted octanol–water partition coefficient (Wildman–Crippen LogP) is 3.08. The molecule has 0 aliphatic carbocycles. The number of carbonyl (C=O) groups is 1. The molecule has 1 aliphatic heterocycles. The molecule has 2 aromatic rings. The third-order valence-corrected chi connectivity index (χ3v) is 8.06. The van der Waals surface area contributed by atoms with Crippen LogP contribution in [-0.2, 0) is 30.8 Å². The number of aryl methyl sites for hydroxylation is 1. The van der Waals surface area contributed by atoms with Crippen LogP contribution in [0, 0.1) is 5.82 Å². The molecule has 1 N–H and O–H groups in total. The number of nitrogens with one attached hydrogen (secondary N) is 1. The van der Waals surface area contributed by atoms with E-state index in [-0.39, 0.29) is 18.5 Å². The normalized spacial score (nSPS) is 18.5. The molecule has 180 valence electrons. The monoisotopic (exact) mass is 500 g/mol. The molecule has 1 aromatic carbocycles. The first-order chi connectivity index (χ1) is 15.5. The standard InChI is InChI=1S/C22H26ClFN2O6S/c1-22(33(2,29)30,21(28)25-32-20-5-3-4-12-31-20)10-11-26-14-18(24)17(13-19(26)27)15-6-8-16(23)9-7-15/h6-9,13-14,20H,3-5,10-12H2,1-2H3,(H,25,28)/t20?,22-/m1/s1. The molecule has 2 atom stereocenters. The molecule has 0 spiro atoms. The number of hydrogen-bond acceptors (Lipinski definition) is 6. The molecule has 0 bridgehead atoms. The van der Waals surface area contributed by atoms with Crippen LogP contribution in [0.5, 0.6) is 0 Å². The van der Waals surface area contributed by atoms with E-state index < -0.39 is 38.2 Å². The van der Waals surface area contributed by atoms with Crippen LogP contribution >= 0.6 is 11.6 Å². The maximum atomic E-state index is 14.7. The predicted molar refractivity (Wildman–Crippen MR) is 122 cm³/mol. The summed E-state index contributed by atoms with van der Waals surface area (Å²) < 4.78 is 44.1. The lowest BCUT2D eigenvalue weighted by atomic mass is 10.1. The van der Waals surface area contributed by atoms with Gasteiger partial charge in [0.05, 0.1) is 0 Å². The fraction of sp³-hybridized carbons (Fsp3) is 0.455. The van der Waals surface area contributed by atoms with Crippen LogP contribution in [0.25, 0.3) is 11.1 Å². The van der Waals surface area contributed by atoms with Gasteiger partial charge in [-0.1, -0.05) is 23.7 Å². The van der Waals surface area contributed by atoms with E-state index >= 15 is 0 Å². The molecule has 1 amide bonds. The number of hydroxylamine groups is 1. The Bertz CT molecular complexity index is 1160. The van der Waals surface area contributed by atoms with Gasteiger partial charge in [0.25, 0.3) is 11.5 Å². The Morgan fingerprint density at radius 1 is 1.33 bits per heavy atom. The van der Waals surface area contributed by atoms with Gasteiger partial charge in [0.15, 0.2) is 20.9 Å². The Morgan fingerprint density at radius 2 is 2.03 bits per heavy atom. The molecule has 2 heterocycles. The second kappa shape index (κ2) is 10.3. The highest BCUT2D eigenvalue weighted by molar-refractivity contribution is 7.92. The van der Waals surface area contributed by atoms with E-state index in [1.54, 1.807) is 24.3 Å². The zero-order chi connectivity index (χ0) is 24.2. The SMILES string of the molecule is C[C@@](CCn1cc(F)c(-c2ccc(Cl)cc2)cc1=O)(C(=O)NOC1CCCCO1)S(C)(=O)=O. The van der Waals surface area contributed by atoms with Crippen molar-refractivity contribution in [1.29, 1.82) is 0 Å². The van der Waals surface area contributed by atoms with E-state index in [4.69, 9.17) is 21.2 Å². The number of aromatic nitrogens is 1. The third-order valence-electron chi connectivity index (χ3n) is 5.78. The summed E-state index contributed by atoms with van der Waals surface area (Å²) in [4.78, 5) is 30.6. The lowest BCUT2D eigenvalue weighted by Gasteiger charge is -2.28. The van der Waals surface area contributed by atoms with Crippen molar-refractivity contribution in [2.45, 2.75) is 50.2 Å². The van der Waals surface area contributed by atoms with Gasteiger partial charge in [0, 0.05) is 48.7 Å². The Balaban J connectivity index is 1.76. The average molecular weight is 501 g/mol. The molecule has 1 aromatic heterocycles. The number of benzene rings is 1. The van der Waals surface area contributed by atoms with Crippen LogP contribution in [0.4, 0.5) is 4.39 Å². The summed E-state index contributed by atoms with van der Waals surface area (Å²) in [5, 5.41) is 0.477. The van der Waals surface area contributed by atoms with Crippen molar-refractivity contribution in [3.8, 4) is 11.1 Å². The summed E-state index contributed by atoms with van der Waals surface area (Å²) >= 11 is 5.85. The van der Waals surface area contributed by atoms with Gasteiger partial charge in [-0.15, -0.1) is 0 Å². The summed E-state index contributed by atoms with van der Waals surface area (Å²) in [6, 6.07) is 7.47. The summed E-state index contributed by atoms with van der Waals surface area (Å²) in [6.07, 6.45) is 3.33. The fourth-order valence-corrected chi connectivity index (χ4v) is 4.37. The van der Waals surface area contributed by atoms with Gasteiger partial charge in [-0.25, -0.2) is 23.1 Å². The molecule has 8 nitrogen and oxygen atoms in total. The van der Waals surface area contributed by atoms with Gasteiger partial charge in [0.2, 0.25) is 0 Å². The number of hydrogen-bond donors (Lipinski definition) is 1. The fourth-order valence-electron chi connectivity index (χ4n) is 3.40. The summed E-state index contributed by atoms with van der Waals surface area (Å²) in [5.41, 5.74) is 2.21. The zero-order valence-corrected chi connectivity index (χ0v) is 19.9. The number of halogens is 2. The molecule has 0 saturated carbocycles. The van der Waals surface area contributed by atoms with Crippen molar-refractivity contribution < 1.29 is 27.2 Å². The van der Waals surface area contributed by atoms with Gasteiger partial charge in [-0.3, -0.25) is 9.59 Å². The highest BCUT2D eigenvalue weighted by Gasteiger charge is 2.44. The van der Waals surface area contributed by atoms with Crippen LogP contribution < -0.4 is 11.0 Å². The first-order valence-corrected chi connectivity index (χ1v) is 12.7. The number of rotatable bonds is 8. The Morgan fingerprint density at radius 3 is 2.64 bits per heavy atom. The van der Waals surface area contributed by atoms with Gasteiger partial charge in [-0.05, 0) is 43.9 Å². The Kier molecular flexibility index (Phi) is 7.94. The van der Waals surface area contributed by atoms with Crippen LogP contribution in [-0.4, -0.2) is 42.8 Å². The maximum absolute atomic E-state index is 14.7. The molecule has 1 fully saturated rings. The highest BCUT2D eigenvalue weighted by Crippen LogP contribution is 2.25. The van der Waals surface area contributed by atoms with Crippen LogP contribution in [0.2, 0.25) is 5.02 Å².